The molecule has 1 rings (SSSR count). The summed E-state index contributed by atoms with van der Waals surface area (Å²) in [6.45, 7) is 5.12. The molecular formula is C12H17N3O4S. The second-order valence-electron chi connectivity index (χ2n) is 4.89. The van der Waals surface area contributed by atoms with E-state index < -0.39 is 9.85 Å². The smallest absolute Gasteiger partial charge is 0.280 e. The molecule has 0 aliphatic heterocycles. The third kappa shape index (κ3) is 4.46. The Labute approximate surface area is 121 Å². The number of non-ortho nitro benzene ring substituents is 1. The minimum absolute atomic E-state index is 0.0234. The number of hydrogen-bond donors (Lipinski definition) is 1. The van der Waals surface area contributed by atoms with E-state index in [1.807, 2.05) is 6.26 Å². The van der Waals surface area contributed by atoms with Crippen molar-refractivity contribution in [1.29, 1.82) is 0 Å². The van der Waals surface area contributed by atoms with Gasteiger partial charge >= 0.3 is 0 Å². The highest BCUT2D eigenvalue weighted by atomic mass is 32.2. The van der Waals surface area contributed by atoms with Gasteiger partial charge in [-0.1, -0.05) is 0 Å². The van der Waals surface area contributed by atoms with Crippen molar-refractivity contribution in [3.8, 4) is 0 Å². The largest absolute Gasteiger partial charge is 0.311 e. The molecule has 0 fully saturated rings. The minimum Gasteiger partial charge on any atom is -0.311 e. The lowest BCUT2D eigenvalue weighted by Crippen LogP contribution is -2.31. The summed E-state index contributed by atoms with van der Waals surface area (Å²) in [6, 6.07) is 3.70. The first-order valence-electron chi connectivity index (χ1n) is 5.94. The molecular weight excluding hydrogens is 282 g/mol. The number of rotatable bonds is 7. The van der Waals surface area contributed by atoms with Crippen molar-refractivity contribution in [2.75, 3.05) is 12.8 Å². The van der Waals surface area contributed by atoms with Crippen LogP contribution < -0.4 is 5.32 Å². The molecule has 0 aliphatic rings. The van der Waals surface area contributed by atoms with Crippen LogP contribution in [-0.2, 0) is 6.54 Å². The van der Waals surface area contributed by atoms with Crippen LogP contribution in [0, 0.1) is 20.2 Å². The Morgan fingerprint density at radius 2 is 1.90 bits per heavy atom. The Hall–Kier alpha value is -1.67. The summed E-state index contributed by atoms with van der Waals surface area (Å²) < 4.78 is 0.0234. The maximum atomic E-state index is 11.0. The number of hydrogen-bond acceptors (Lipinski definition) is 6. The van der Waals surface area contributed by atoms with E-state index in [0.717, 1.165) is 6.07 Å². The Kier molecular flexibility index (Phi) is 5.46. The molecule has 0 saturated carbocycles. The molecule has 0 bridgehead atoms. The van der Waals surface area contributed by atoms with Gasteiger partial charge in [-0.25, -0.2) is 0 Å². The molecule has 0 spiro atoms. The van der Waals surface area contributed by atoms with Gasteiger partial charge in [-0.05, 0) is 26.2 Å². The van der Waals surface area contributed by atoms with Crippen molar-refractivity contribution < 1.29 is 9.85 Å². The quantitative estimate of drug-likeness (QED) is 0.614. The maximum absolute atomic E-state index is 11.0. The zero-order valence-electron chi connectivity index (χ0n) is 11.6. The van der Waals surface area contributed by atoms with Crippen LogP contribution in [0.1, 0.15) is 19.4 Å². The summed E-state index contributed by atoms with van der Waals surface area (Å²) in [5, 5.41) is 24.7. The number of nitro groups is 2. The van der Waals surface area contributed by atoms with Crippen LogP contribution in [0.4, 0.5) is 11.4 Å². The molecule has 1 aromatic carbocycles. The van der Waals surface area contributed by atoms with Crippen LogP contribution in [0.15, 0.2) is 18.2 Å². The lowest BCUT2D eigenvalue weighted by atomic mass is 10.1. The number of nitro benzene ring substituents is 2. The summed E-state index contributed by atoms with van der Waals surface area (Å²) in [5.74, 6) is 0. The third-order valence-corrected chi connectivity index (χ3v) is 4.14. The number of thioether (sulfide) groups is 1. The molecule has 20 heavy (non-hydrogen) atoms. The molecule has 7 nitrogen and oxygen atoms in total. The van der Waals surface area contributed by atoms with Crippen LogP contribution in [0.25, 0.3) is 0 Å². The molecule has 1 aromatic rings. The zero-order chi connectivity index (χ0) is 15.3. The number of benzene rings is 1. The second kappa shape index (κ2) is 6.67. The van der Waals surface area contributed by atoms with E-state index >= 15 is 0 Å². The lowest BCUT2D eigenvalue weighted by molar-refractivity contribution is -0.394. The molecule has 0 heterocycles. The van der Waals surface area contributed by atoms with Crippen LogP contribution in [0.3, 0.4) is 0 Å². The number of nitrogens with one attached hydrogen (secondary N) is 1. The molecule has 0 aliphatic carbocycles. The number of nitrogens with zero attached hydrogens (tertiary/aromatic N) is 2. The van der Waals surface area contributed by atoms with E-state index in [1.165, 1.54) is 12.1 Å². The monoisotopic (exact) mass is 299 g/mol. The Morgan fingerprint density at radius 1 is 1.25 bits per heavy atom. The highest BCUT2D eigenvalue weighted by Gasteiger charge is 2.20. The van der Waals surface area contributed by atoms with E-state index in [2.05, 4.69) is 19.2 Å². The van der Waals surface area contributed by atoms with Crippen molar-refractivity contribution >= 4 is 23.1 Å². The van der Waals surface area contributed by atoms with Crippen LogP contribution >= 0.6 is 11.8 Å². The SMILES string of the molecule is CSC(C)(C)CNCc1ccc([N+](=O)[O-])cc1[N+](=O)[O-]. The Balaban J connectivity index is 2.85. The van der Waals surface area contributed by atoms with Gasteiger partial charge in [0, 0.05) is 29.5 Å². The van der Waals surface area contributed by atoms with E-state index in [4.69, 9.17) is 0 Å². The van der Waals surface area contributed by atoms with E-state index in [0.29, 0.717) is 18.7 Å². The first kappa shape index (κ1) is 16.4. The van der Waals surface area contributed by atoms with E-state index in [1.54, 1.807) is 11.8 Å². The van der Waals surface area contributed by atoms with Gasteiger partial charge in [0.1, 0.15) is 0 Å². The van der Waals surface area contributed by atoms with E-state index in [-0.39, 0.29) is 16.1 Å². The molecule has 0 atom stereocenters. The predicted molar refractivity (Wildman–Crippen MR) is 79.1 cm³/mol. The minimum atomic E-state index is -0.638. The lowest BCUT2D eigenvalue weighted by Gasteiger charge is -2.22. The molecule has 0 aromatic heterocycles. The van der Waals surface area contributed by atoms with Gasteiger partial charge in [0.15, 0.2) is 0 Å². The van der Waals surface area contributed by atoms with Crippen LogP contribution in [-0.4, -0.2) is 27.4 Å². The molecule has 0 unspecified atom stereocenters. The molecule has 0 saturated heterocycles. The van der Waals surface area contributed by atoms with Gasteiger partial charge in [-0.15, -0.1) is 0 Å². The molecule has 110 valence electrons. The third-order valence-electron chi connectivity index (χ3n) is 2.90. The van der Waals surface area contributed by atoms with Crippen LogP contribution in [0.2, 0.25) is 0 Å². The average molecular weight is 299 g/mol. The Bertz CT molecular complexity index is 519. The second-order valence-corrected chi connectivity index (χ2v) is 6.41. The normalized spacial score (nSPS) is 11.3. The molecule has 8 heteroatoms. The van der Waals surface area contributed by atoms with Crippen molar-refractivity contribution in [2.24, 2.45) is 0 Å². The standard InChI is InChI=1S/C12H17N3O4S/c1-12(2,20-3)8-13-7-9-4-5-10(14(16)17)6-11(9)15(18)19/h4-6,13H,7-8H2,1-3H3. The fourth-order valence-electron chi connectivity index (χ4n) is 1.56. The summed E-state index contributed by atoms with van der Waals surface area (Å²) in [6.07, 6.45) is 2.00. The molecule has 1 N–H and O–H groups in total. The van der Waals surface area contributed by atoms with Gasteiger partial charge in [0.05, 0.1) is 15.9 Å². The van der Waals surface area contributed by atoms with Crippen molar-refractivity contribution in [2.45, 2.75) is 25.1 Å². The van der Waals surface area contributed by atoms with Gasteiger partial charge in [0.2, 0.25) is 0 Å². The van der Waals surface area contributed by atoms with E-state index in [9.17, 15) is 20.2 Å². The highest BCUT2D eigenvalue weighted by Crippen LogP contribution is 2.25. The zero-order valence-corrected chi connectivity index (χ0v) is 12.4. The van der Waals surface area contributed by atoms with Crippen molar-refractivity contribution in [1.82, 2.24) is 5.32 Å². The molecule has 0 amide bonds. The fraction of sp³-hybridized carbons (Fsp3) is 0.500. The predicted octanol–water partition coefficient (Wildman–Crippen LogP) is 2.73. The fourth-order valence-corrected chi connectivity index (χ4v) is 1.80. The molecule has 0 radical (unpaired) electrons. The first-order valence-corrected chi connectivity index (χ1v) is 7.17. The average Bonchev–Trinajstić information content (AvgIpc) is 2.38. The van der Waals surface area contributed by atoms with Gasteiger partial charge < -0.3 is 5.32 Å². The maximum Gasteiger partial charge on any atom is 0.280 e. The summed E-state index contributed by atoms with van der Waals surface area (Å²) in [7, 11) is 0. The highest BCUT2D eigenvalue weighted by molar-refractivity contribution is 7.99. The summed E-state index contributed by atoms with van der Waals surface area (Å²) in [4.78, 5) is 20.4. The van der Waals surface area contributed by atoms with Crippen molar-refractivity contribution in [3.63, 3.8) is 0 Å². The summed E-state index contributed by atoms with van der Waals surface area (Å²) in [5.41, 5.74) is -0.0592. The van der Waals surface area contributed by atoms with Crippen LogP contribution in [0.5, 0.6) is 0 Å². The first-order chi connectivity index (χ1) is 9.26. The van der Waals surface area contributed by atoms with Gasteiger partial charge in [0.25, 0.3) is 11.4 Å². The van der Waals surface area contributed by atoms with Gasteiger partial charge in [-0.3, -0.25) is 20.2 Å². The van der Waals surface area contributed by atoms with Crippen molar-refractivity contribution in [3.05, 3.63) is 44.0 Å². The Morgan fingerprint density at radius 3 is 2.40 bits per heavy atom. The summed E-state index contributed by atoms with van der Waals surface area (Å²) >= 11 is 1.69. The topological polar surface area (TPSA) is 98.3 Å². The van der Waals surface area contributed by atoms with Gasteiger partial charge in [-0.2, -0.15) is 11.8 Å².